The van der Waals surface area contributed by atoms with Crippen LogP contribution in [0, 0.1) is 11.3 Å². The third-order valence-corrected chi connectivity index (χ3v) is 4.63. The second kappa shape index (κ2) is 10.2. The zero-order chi connectivity index (χ0) is 21.6. The topological polar surface area (TPSA) is 80.6 Å². The van der Waals surface area contributed by atoms with Gasteiger partial charge in [0.2, 0.25) is 0 Å². The molecular weight excluding hydrogens is 460 g/mol. The van der Waals surface area contributed by atoms with Gasteiger partial charge in [-0.15, -0.1) is 0 Å². The summed E-state index contributed by atoms with van der Waals surface area (Å²) in [6, 6.07) is 10.3. The van der Waals surface area contributed by atoms with E-state index in [9.17, 15) is 10.1 Å². The number of nitrogens with one attached hydrogen (secondary N) is 1. The number of hydrogen-bond acceptors (Lipinski definition) is 5. The summed E-state index contributed by atoms with van der Waals surface area (Å²) in [5, 5.41) is 12.5. The van der Waals surface area contributed by atoms with Crippen molar-refractivity contribution < 1.29 is 19.0 Å². The Morgan fingerprint density at radius 2 is 1.86 bits per heavy atom. The Bertz CT molecular complexity index is 983. The van der Waals surface area contributed by atoms with Gasteiger partial charge in [-0.2, -0.15) is 5.26 Å². The summed E-state index contributed by atoms with van der Waals surface area (Å²) in [5.74, 6) is 0.807. The summed E-state index contributed by atoms with van der Waals surface area (Å²) in [6.45, 7) is 3.86. The fourth-order valence-corrected chi connectivity index (χ4v) is 3.14. The molecule has 0 bridgehead atoms. The zero-order valence-electron chi connectivity index (χ0n) is 16.4. The highest BCUT2D eigenvalue weighted by Crippen LogP contribution is 2.36. The van der Waals surface area contributed by atoms with Crippen LogP contribution >= 0.6 is 27.5 Å². The Hall–Kier alpha value is -2.69. The predicted octanol–water partition coefficient (Wildman–Crippen LogP) is 5.45. The first-order valence-electron chi connectivity index (χ1n) is 8.60. The predicted molar refractivity (Wildman–Crippen MR) is 117 cm³/mol. The van der Waals surface area contributed by atoms with Gasteiger partial charge in [0.25, 0.3) is 5.91 Å². The smallest absolute Gasteiger partial charge is 0.266 e. The normalized spacial score (nSPS) is 11.0. The molecule has 0 unspecified atom stereocenters. The molecule has 1 N–H and O–H groups in total. The van der Waals surface area contributed by atoms with Crippen LogP contribution in [0.2, 0.25) is 5.02 Å². The quantitative estimate of drug-likeness (QED) is 0.422. The van der Waals surface area contributed by atoms with Gasteiger partial charge in [-0.1, -0.05) is 17.7 Å². The van der Waals surface area contributed by atoms with Gasteiger partial charge in [0.1, 0.15) is 28.9 Å². The molecule has 6 nitrogen and oxygen atoms in total. The summed E-state index contributed by atoms with van der Waals surface area (Å²) in [7, 11) is 2.91. The molecule has 2 aromatic carbocycles. The van der Waals surface area contributed by atoms with E-state index in [1.807, 2.05) is 19.9 Å². The second-order valence-corrected chi connectivity index (χ2v) is 7.43. The molecule has 0 atom stereocenters. The molecule has 0 saturated carbocycles. The van der Waals surface area contributed by atoms with Crippen LogP contribution in [0.25, 0.3) is 6.08 Å². The Kier molecular flexibility index (Phi) is 7.94. The van der Waals surface area contributed by atoms with Gasteiger partial charge in [0, 0.05) is 12.1 Å². The van der Waals surface area contributed by atoms with Crippen LogP contribution in [0.15, 0.2) is 40.4 Å². The van der Waals surface area contributed by atoms with Crippen LogP contribution in [0.1, 0.15) is 19.4 Å². The average Bonchev–Trinajstić information content (AvgIpc) is 2.68. The molecule has 2 aromatic rings. The minimum absolute atomic E-state index is 0.0273. The molecule has 0 aliphatic rings. The average molecular weight is 480 g/mol. The highest BCUT2D eigenvalue weighted by atomic mass is 79.9. The standard InChI is InChI=1S/C21H20BrClN2O4/c1-12(2)29-18-6-5-13(8-15(18)22)7-14(11-24)21(26)25-17-10-19(27-3)16(23)9-20(17)28-4/h5-10,12H,1-4H3,(H,25,26)/b14-7+. The van der Waals surface area contributed by atoms with Gasteiger partial charge in [-0.05, 0) is 53.5 Å². The van der Waals surface area contributed by atoms with Gasteiger partial charge in [-0.3, -0.25) is 4.79 Å². The van der Waals surface area contributed by atoms with Gasteiger partial charge in [-0.25, -0.2) is 0 Å². The van der Waals surface area contributed by atoms with E-state index in [2.05, 4.69) is 21.2 Å². The molecule has 29 heavy (non-hydrogen) atoms. The van der Waals surface area contributed by atoms with Crippen LogP contribution in [-0.4, -0.2) is 26.2 Å². The van der Waals surface area contributed by atoms with Crippen molar-refractivity contribution in [2.24, 2.45) is 0 Å². The van der Waals surface area contributed by atoms with Crippen LogP contribution < -0.4 is 19.5 Å². The monoisotopic (exact) mass is 478 g/mol. The maximum absolute atomic E-state index is 12.6. The van der Waals surface area contributed by atoms with Crippen LogP contribution in [0.3, 0.4) is 0 Å². The Balaban J connectivity index is 2.30. The second-order valence-electron chi connectivity index (χ2n) is 6.17. The molecule has 8 heteroatoms. The molecule has 0 heterocycles. The number of hydrogen-bond donors (Lipinski definition) is 1. The van der Waals surface area contributed by atoms with Gasteiger partial charge in [0.05, 0.1) is 35.5 Å². The van der Waals surface area contributed by atoms with Gasteiger partial charge < -0.3 is 19.5 Å². The summed E-state index contributed by atoms with van der Waals surface area (Å²) >= 11 is 9.52. The molecule has 0 spiro atoms. The lowest BCUT2D eigenvalue weighted by Gasteiger charge is -2.13. The van der Waals surface area contributed by atoms with E-state index in [1.165, 1.54) is 32.4 Å². The van der Waals surface area contributed by atoms with Crippen molar-refractivity contribution in [2.75, 3.05) is 19.5 Å². The van der Waals surface area contributed by atoms with Crippen molar-refractivity contribution in [3.05, 3.63) is 51.0 Å². The fourth-order valence-electron chi connectivity index (χ4n) is 2.42. The van der Waals surface area contributed by atoms with E-state index >= 15 is 0 Å². The number of carbonyl (C=O) groups excluding carboxylic acids is 1. The first kappa shape index (κ1) is 22.6. The zero-order valence-corrected chi connectivity index (χ0v) is 18.7. The lowest BCUT2D eigenvalue weighted by atomic mass is 10.1. The Morgan fingerprint density at radius 1 is 1.17 bits per heavy atom. The largest absolute Gasteiger partial charge is 0.495 e. The third kappa shape index (κ3) is 5.89. The minimum Gasteiger partial charge on any atom is -0.495 e. The number of ether oxygens (including phenoxy) is 3. The lowest BCUT2D eigenvalue weighted by molar-refractivity contribution is -0.112. The van der Waals surface area contributed by atoms with Crippen molar-refractivity contribution in [2.45, 2.75) is 20.0 Å². The maximum atomic E-state index is 12.6. The SMILES string of the molecule is COc1cc(NC(=O)/C(C#N)=C/c2ccc(OC(C)C)c(Br)c2)c(OC)cc1Cl. The summed E-state index contributed by atoms with van der Waals surface area (Å²) in [4.78, 5) is 12.6. The number of methoxy groups -OCH3 is 2. The summed E-state index contributed by atoms with van der Waals surface area (Å²) in [5.41, 5.74) is 0.924. The molecule has 0 saturated heterocycles. The molecule has 2 rings (SSSR count). The third-order valence-electron chi connectivity index (χ3n) is 3.72. The van der Waals surface area contributed by atoms with Crippen LogP contribution in [0.4, 0.5) is 5.69 Å². The van der Waals surface area contributed by atoms with Crippen LogP contribution in [-0.2, 0) is 4.79 Å². The number of benzene rings is 2. The minimum atomic E-state index is -0.589. The Labute approximate surface area is 183 Å². The molecule has 1 amide bonds. The number of amides is 1. The highest BCUT2D eigenvalue weighted by Gasteiger charge is 2.16. The maximum Gasteiger partial charge on any atom is 0.266 e. The molecule has 0 radical (unpaired) electrons. The van der Waals surface area contributed by atoms with E-state index in [1.54, 1.807) is 18.2 Å². The summed E-state index contributed by atoms with van der Waals surface area (Å²) < 4.78 is 16.8. The van der Waals surface area contributed by atoms with E-state index in [-0.39, 0.29) is 11.7 Å². The van der Waals surface area contributed by atoms with Crippen molar-refractivity contribution in [1.82, 2.24) is 0 Å². The number of anilines is 1. The van der Waals surface area contributed by atoms with E-state index in [0.717, 1.165) is 4.47 Å². The van der Waals surface area contributed by atoms with Crippen molar-refractivity contribution in [3.63, 3.8) is 0 Å². The van der Waals surface area contributed by atoms with Crippen molar-refractivity contribution in [3.8, 4) is 23.3 Å². The molecule has 0 fully saturated rings. The van der Waals surface area contributed by atoms with Crippen LogP contribution in [0.5, 0.6) is 17.2 Å². The number of carbonyl (C=O) groups is 1. The number of rotatable bonds is 7. The number of nitrogens with zero attached hydrogens (tertiary/aromatic N) is 1. The fraction of sp³-hybridized carbons (Fsp3) is 0.238. The number of halogens is 2. The van der Waals surface area contributed by atoms with E-state index in [4.69, 9.17) is 25.8 Å². The van der Waals surface area contributed by atoms with Gasteiger partial charge >= 0.3 is 0 Å². The molecule has 0 aliphatic carbocycles. The Morgan fingerprint density at radius 3 is 2.41 bits per heavy atom. The lowest BCUT2D eigenvalue weighted by Crippen LogP contribution is -2.14. The van der Waals surface area contributed by atoms with E-state index in [0.29, 0.717) is 33.5 Å². The van der Waals surface area contributed by atoms with Crippen molar-refractivity contribution >= 4 is 45.2 Å². The molecule has 0 aliphatic heterocycles. The summed E-state index contributed by atoms with van der Waals surface area (Å²) in [6.07, 6.45) is 1.51. The highest BCUT2D eigenvalue weighted by molar-refractivity contribution is 9.10. The molecule has 152 valence electrons. The van der Waals surface area contributed by atoms with E-state index < -0.39 is 5.91 Å². The van der Waals surface area contributed by atoms with Crippen molar-refractivity contribution in [1.29, 1.82) is 5.26 Å². The number of nitriles is 1. The molecular formula is C21H20BrClN2O4. The molecule has 0 aromatic heterocycles. The first-order valence-corrected chi connectivity index (χ1v) is 9.77. The van der Waals surface area contributed by atoms with Gasteiger partial charge in [0.15, 0.2) is 0 Å². The first-order chi connectivity index (χ1) is 13.8.